The number of para-hydroxylation sites is 1. The Kier molecular flexibility index (Phi) is 5.07. The number of rotatable bonds is 5. The van der Waals surface area contributed by atoms with E-state index in [0.29, 0.717) is 18.4 Å². The van der Waals surface area contributed by atoms with Gasteiger partial charge in [-0.05, 0) is 18.9 Å². The summed E-state index contributed by atoms with van der Waals surface area (Å²) in [4.78, 5) is 10.8. The van der Waals surface area contributed by atoms with Gasteiger partial charge < -0.3 is 9.47 Å². The van der Waals surface area contributed by atoms with E-state index in [1.165, 1.54) is 6.07 Å². The SMILES string of the molecule is NS(=O)(=O)OCC1OC2(CCCCC2)OC1c1ccccc1[N+](=O)[O-]. The van der Waals surface area contributed by atoms with Crippen LogP contribution >= 0.6 is 0 Å². The summed E-state index contributed by atoms with van der Waals surface area (Å²) in [5, 5.41) is 16.2. The second-order valence-corrected chi connectivity index (χ2v) is 7.48. The fraction of sp³-hybridized carbons (Fsp3) is 0.600. The summed E-state index contributed by atoms with van der Waals surface area (Å²) in [6.07, 6.45) is 2.56. The van der Waals surface area contributed by atoms with Crippen LogP contribution in [0.25, 0.3) is 0 Å². The highest BCUT2D eigenvalue weighted by atomic mass is 32.2. The predicted molar refractivity (Wildman–Crippen MR) is 86.7 cm³/mol. The molecule has 25 heavy (non-hydrogen) atoms. The van der Waals surface area contributed by atoms with Crippen LogP contribution in [-0.4, -0.2) is 31.8 Å². The lowest BCUT2D eigenvalue weighted by Crippen LogP contribution is -2.34. The first-order valence-electron chi connectivity index (χ1n) is 8.06. The monoisotopic (exact) mass is 372 g/mol. The average molecular weight is 372 g/mol. The van der Waals surface area contributed by atoms with Gasteiger partial charge in [-0.1, -0.05) is 18.6 Å². The number of nitro groups is 1. The van der Waals surface area contributed by atoms with Gasteiger partial charge in [0.15, 0.2) is 5.79 Å². The summed E-state index contributed by atoms with van der Waals surface area (Å²) < 4.78 is 39.0. The van der Waals surface area contributed by atoms with Crippen molar-refractivity contribution < 1.29 is 27.0 Å². The van der Waals surface area contributed by atoms with Crippen molar-refractivity contribution in [3.05, 3.63) is 39.9 Å². The molecule has 138 valence electrons. The summed E-state index contributed by atoms with van der Waals surface area (Å²) in [5.74, 6) is -0.862. The lowest BCUT2D eigenvalue weighted by atomic mass is 9.94. The van der Waals surface area contributed by atoms with Gasteiger partial charge in [-0.2, -0.15) is 8.42 Å². The maximum atomic E-state index is 11.3. The van der Waals surface area contributed by atoms with E-state index in [9.17, 15) is 18.5 Å². The van der Waals surface area contributed by atoms with Gasteiger partial charge in [0.2, 0.25) is 0 Å². The lowest BCUT2D eigenvalue weighted by molar-refractivity contribution is -0.386. The number of nitrogens with two attached hydrogens (primary N) is 1. The van der Waals surface area contributed by atoms with Crippen LogP contribution in [0.4, 0.5) is 5.69 Å². The zero-order valence-corrected chi connectivity index (χ0v) is 14.3. The van der Waals surface area contributed by atoms with Crippen molar-refractivity contribution in [1.82, 2.24) is 0 Å². The molecule has 2 N–H and O–H groups in total. The van der Waals surface area contributed by atoms with E-state index >= 15 is 0 Å². The Balaban J connectivity index is 1.91. The fourth-order valence-electron chi connectivity index (χ4n) is 3.44. The minimum Gasteiger partial charge on any atom is -0.341 e. The molecule has 0 bridgehead atoms. The Morgan fingerprint density at radius 2 is 1.92 bits per heavy atom. The van der Waals surface area contributed by atoms with E-state index in [-0.39, 0.29) is 12.3 Å². The normalized spacial score (nSPS) is 26.0. The van der Waals surface area contributed by atoms with Crippen LogP contribution in [0, 0.1) is 10.1 Å². The molecule has 1 saturated carbocycles. The van der Waals surface area contributed by atoms with Gasteiger partial charge in [0, 0.05) is 18.9 Å². The summed E-state index contributed by atoms with van der Waals surface area (Å²) >= 11 is 0. The molecule has 0 radical (unpaired) electrons. The van der Waals surface area contributed by atoms with Crippen molar-refractivity contribution in [2.75, 3.05) is 6.61 Å². The molecule has 1 aromatic carbocycles. The molecule has 1 spiro atoms. The smallest absolute Gasteiger partial charge is 0.333 e. The molecule has 2 unspecified atom stereocenters. The summed E-state index contributed by atoms with van der Waals surface area (Å²) in [7, 11) is -4.16. The van der Waals surface area contributed by atoms with Crippen LogP contribution in [0.15, 0.2) is 24.3 Å². The number of nitro benzene ring substituents is 1. The predicted octanol–water partition coefficient (Wildman–Crippen LogP) is 1.93. The zero-order chi connectivity index (χ0) is 18.1. The molecule has 0 aromatic heterocycles. The molecule has 1 aromatic rings. The van der Waals surface area contributed by atoms with Crippen LogP contribution in [0.1, 0.15) is 43.8 Å². The van der Waals surface area contributed by atoms with Crippen molar-refractivity contribution in [3.8, 4) is 0 Å². The molecule has 1 aliphatic carbocycles. The van der Waals surface area contributed by atoms with E-state index < -0.39 is 33.2 Å². The first kappa shape index (κ1) is 18.2. The Morgan fingerprint density at radius 3 is 2.56 bits per heavy atom. The van der Waals surface area contributed by atoms with Gasteiger partial charge in [-0.3, -0.25) is 14.3 Å². The van der Waals surface area contributed by atoms with Gasteiger partial charge in [0.05, 0.1) is 17.1 Å². The van der Waals surface area contributed by atoms with E-state index in [1.807, 2.05) is 0 Å². The highest BCUT2D eigenvalue weighted by molar-refractivity contribution is 7.84. The van der Waals surface area contributed by atoms with Gasteiger partial charge in [0.1, 0.15) is 12.2 Å². The molecular weight excluding hydrogens is 352 g/mol. The molecule has 2 aliphatic rings. The van der Waals surface area contributed by atoms with Gasteiger partial charge in [0.25, 0.3) is 5.69 Å². The molecule has 10 heteroatoms. The van der Waals surface area contributed by atoms with Crippen LogP contribution in [0.2, 0.25) is 0 Å². The van der Waals surface area contributed by atoms with Crippen molar-refractivity contribution in [3.63, 3.8) is 0 Å². The molecular formula is C15H20N2O7S. The largest absolute Gasteiger partial charge is 0.341 e. The molecule has 1 aliphatic heterocycles. The minimum atomic E-state index is -4.16. The zero-order valence-electron chi connectivity index (χ0n) is 13.5. The first-order valence-corrected chi connectivity index (χ1v) is 9.53. The maximum Gasteiger partial charge on any atom is 0.333 e. The van der Waals surface area contributed by atoms with E-state index in [2.05, 4.69) is 4.18 Å². The van der Waals surface area contributed by atoms with E-state index in [4.69, 9.17) is 14.6 Å². The Morgan fingerprint density at radius 1 is 1.24 bits per heavy atom. The summed E-state index contributed by atoms with van der Waals surface area (Å²) in [5.41, 5.74) is 0.225. The third-order valence-electron chi connectivity index (χ3n) is 4.50. The van der Waals surface area contributed by atoms with Crippen LogP contribution < -0.4 is 5.14 Å². The number of benzene rings is 1. The van der Waals surface area contributed by atoms with Gasteiger partial charge in [-0.15, -0.1) is 0 Å². The Labute approximate surface area is 145 Å². The fourth-order valence-corrected chi connectivity index (χ4v) is 3.76. The number of hydrogen-bond donors (Lipinski definition) is 1. The Hall–Kier alpha value is -1.59. The van der Waals surface area contributed by atoms with Crippen LogP contribution in [0.3, 0.4) is 0 Å². The quantitative estimate of drug-likeness (QED) is 0.617. The molecule has 2 atom stereocenters. The second-order valence-electron chi connectivity index (χ2n) is 6.26. The van der Waals surface area contributed by atoms with Crippen LogP contribution in [0.5, 0.6) is 0 Å². The molecule has 9 nitrogen and oxygen atoms in total. The van der Waals surface area contributed by atoms with E-state index in [1.54, 1.807) is 18.2 Å². The molecule has 1 heterocycles. The third kappa shape index (κ3) is 4.15. The molecule has 1 saturated heterocycles. The topological polar surface area (TPSA) is 131 Å². The van der Waals surface area contributed by atoms with Gasteiger partial charge in [-0.25, -0.2) is 5.14 Å². The molecule has 0 amide bonds. The van der Waals surface area contributed by atoms with Crippen molar-refractivity contribution in [1.29, 1.82) is 0 Å². The van der Waals surface area contributed by atoms with Gasteiger partial charge >= 0.3 is 10.3 Å². The van der Waals surface area contributed by atoms with Crippen molar-refractivity contribution >= 4 is 16.0 Å². The highest BCUT2D eigenvalue weighted by Crippen LogP contribution is 2.47. The summed E-state index contributed by atoms with van der Waals surface area (Å²) in [6.45, 7) is -0.364. The standard InChI is InChI=1S/C15H20N2O7S/c16-25(20,21)22-10-13-14(11-6-2-3-7-12(11)17(18)19)24-15(23-13)8-4-1-5-9-15/h2-3,6-7,13-14H,1,4-5,8-10H2,(H2,16,20,21). The number of hydrogen-bond acceptors (Lipinski definition) is 7. The number of nitrogens with zero attached hydrogens (tertiary/aromatic N) is 1. The third-order valence-corrected chi connectivity index (χ3v) is 4.96. The van der Waals surface area contributed by atoms with Crippen molar-refractivity contribution in [2.45, 2.75) is 50.1 Å². The highest BCUT2D eigenvalue weighted by Gasteiger charge is 2.50. The molecule has 2 fully saturated rings. The second kappa shape index (κ2) is 6.96. The Bertz CT molecular complexity index is 746. The van der Waals surface area contributed by atoms with E-state index in [0.717, 1.165) is 19.3 Å². The lowest BCUT2D eigenvalue weighted by Gasteiger charge is -2.31. The summed E-state index contributed by atoms with van der Waals surface area (Å²) in [6, 6.07) is 6.18. The molecule has 3 rings (SSSR count). The first-order chi connectivity index (χ1) is 11.8. The van der Waals surface area contributed by atoms with Crippen LogP contribution in [-0.2, 0) is 24.0 Å². The minimum absolute atomic E-state index is 0.107. The average Bonchev–Trinajstić information content (AvgIpc) is 2.91. The maximum absolute atomic E-state index is 11.3. The number of ether oxygens (including phenoxy) is 2. The van der Waals surface area contributed by atoms with Crippen molar-refractivity contribution in [2.24, 2.45) is 5.14 Å².